The van der Waals surface area contributed by atoms with E-state index in [0.717, 1.165) is 17.9 Å². The third-order valence-corrected chi connectivity index (χ3v) is 8.53. The summed E-state index contributed by atoms with van der Waals surface area (Å²) in [5.41, 5.74) is 0. The van der Waals surface area contributed by atoms with E-state index in [1.165, 1.54) is 24.6 Å². The molecule has 0 aliphatic carbocycles. The zero-order chi connectivity index (χ0) is 23.3. The molecule has 32 heavy (non-hydrogen) atoms. The number of rotatable bonds is 10. The molecule has 0 bridgehead atoms. The summed E-state index contributed by atoms with van der Waals surface area (Å²) in [7, 11) is 2.59. The van der Waals surface area contributed by atoms with Crippen molar-refractivity contribution in [1.82, 2.24) is 8.61 Å². The van der Waals surface area contributed by atoms with Gasteiger partial charge in [0.05, 0.1) is 33.3 Å². The summed E-state index contributed by atoms with van der Waals surface area (Å²) < 4.78 is 51.4. The smallest absolute Gasteiger partial charge is 0.243 e. The van der Waals surface area contributed by atoms with Crippen LogP contribution >= 0.6 is 11.9 Å². The van der Waals surface area contributed by atoms with Gasteiger partial charge >= 0.3 is 0 Å². The summed E-state index contributed by atoms with van der Waals surface area (Å²) in [6.07, 6.45) is 0.751. The summed E-state index contributed by atoms with van der Waals surface area (Å²) in [5.74, 6) is 2.23. The van der Waals surface area contributed by atoms with Crippen LogP contribution in [0.5, 0.6) is 23.0 Å². The molecule has 1 saturated heterocycles. The van der Waals surface area contributed by atoms with E-state index < -0.39 is 10.0 Å². The second kappa shape index (κ2) is 10.7. The van der Waals surface area contributed by atoms with E-state index in [4.69, 9.17) is 18.9 Å². The van der Waals surface area contributed by atoms with E-state index in [-0.39, 0.29) is 10.9 Å². The third kappa shape index (κ3) is 5.09. The maximum atomic E-state index is 13.2. The maximum absolute atomic E-state index is 13.2. The zero-order valence-electron chi connectivity index (χ0n) is 19.0. The molecule has 0 spiro atoms. The molecule has 0 radical (unpaired) electrons. The Hall–Kier alpha value is -2.14. The molecule has 0 saturated carbocycles. The van der Waals surface area contributed by atoms with Crippen molar-refractivity contribution in [2.75, 3.05) is 48.1 Å². The molecular weight excluding hydrogens is 452 g/mol. The van der Waals surface area contributed by atoms with Gasteiger partial charge in [0.1, 0.15) is 0 Å². The van der Waals surface area contributed by atoms with E-state index in [1.54, 1.807) is 38.3 Å². The topological polar surface area (TPSA) is 77.5 Å². The molecule has 0 N–H and O–H groups in total. The Morgan fingerprint density at radius 1 is 0.938 bits per heavy atom. The lowest BCUT2D eigenvalue weighted by atomic mass is 10.3. The molecule has 2 aromatic rings. The van der Waals surface area contributed by atoms with E-state index >= 15 is 0 Å². The van der Waals surface area contributed by atoms with E-state index in [2.05, 4.69) is 11.2 Å². The van der Waals surface area contributed by atoms with Crippen LogP contribution in [0, 0.1) is 0 Å². The Balaban J connectivity index is 1.74. The molecule has 1 aliphatic heterocycles. The van der Waals surface area contributed by atoms with Gasteiger partial charge in [-0.25, -0.2) is 12.7 Å². The van der Waals surface area contributed by atoms with Crippen LogP contribution in [0.4, 0.5) is 0 Å². The number of likely N-dealkylation sites (N-methyl/N-ethyl adjacent to an activating group) is 1. The highest BCUT2D eigenvalue weighted by molar-refractivity contribution is 7.97. The molecular formula is C22H30N2O6S2. The summed E-state index contributed by atoms with van der Waals surface area (Å²) >= 11 is 1.59. The lowest BCUT2D eigenvalue weighted by molar-refractivity contribution is 0.352. The van der Waals surface area contributed by atoms with Gasteiger partial charge in [-0.2, -0.15) is 4.31 Å². The van der Waals surface area contributed by atoms with Crippen LogP contribution in [0.25, 0.3) is 0 Å². The van der Waals surface area contributed by atoms with Gasteiger partial charge in [-0.3, -0.25) is 0 Å². The fraction of sp³-hybridized carbons (Fsp3) is 0.455. The molecule has 1 unspecified atom stereocenters. The van der Waals surface area contributed by atoms with E-state index in [1.807, 2.05) is 18.2 Å². The molecule has 3 rings (SSSR count). The van der Waals surface area contributed by atoms with Crippen molar-refractivity contribution in [2.24, 2.45) is 0 Å². The number of methoxy groups -OCH3 is 4. The Morgan fingerprint density at radius 3 is 2.12 bits per heavy atom. The summed E-state index contributed by atoms with van der Waals surface area (Å²) in [4.78, 5) is 1.21. The van der Waals surface area contributed by atoms with Crippen LogP contribution < -0.4 is 18.9 Å². The predicted molar refractivity (Wildman–Crippen MR) is 124 cm³/mol. The van der Waals surface area contributed by atoms with Gasteiger partial charge < -0.3 is 18.9 Å². The average Bonchev–Trinajstić information content (AvgIpc) is 3.32. The Bertz CT molecular complexity index is 1030. The van der Waals surface area contributed by atoms with Crippen LogP contribution in [-0.2, 0) is 10.0 Å². The Labute approximate surface area is 194 Å². The van der Waals surface area contributed by atoms with Crippen molar-refractivity contribution in [3.63, 3.8) is 0 Å². The minimum Gasteiger partial charge on any atom is -0.493 e. The molecule has 1 aliphatic rings. The molecule has 176 valence electrons. The number of hydrogen-bond acceptors (Lipinski definition) is 8. The standard InChI is InChI=1S/C22H30N2O6S2/c1-6-24(31-17-7-9-19(27-2)21(13-17)29-4)16-11-12-23(15-16)32(25,26)18-8-10-20(28-3)22(14-18)30-5/h7-10,13-14,16H,6,11-12,15H2,1-5H3. The third-order valence-electron chi connectivity index (χ3n) is 5.42. The number of nitrogens with zero attached hydrogens (tertiary/aromatic N) is 2. The first-order valence-electron chi connectivity index (χ1n) is 10.3. The van der Waals surface area contributed by atoms with Crippen molar-refractivity contribution in [1.29, 1.82) is 0 Å². The number of hydrogen-bond donors (Lipinski definition) is 0. The van der Waals surface area contributed by atoms with Gasteiger partial charge in [0, 0.05) is 36.6 Å². The first kappa shape index (κ1) is 24.5. The molecule has 2 aromatic carbocycles. The Morgan fingerprint density at radius 2 is 1.53 bits per heavy atom. The van der Waals surface area contributed by atoms with E-state index in [0.29, 0.717) is 36.1 Å². The minimum absolute atomic E-state index is 0.0908. The predicted octanol–water partition coefficient (Wildman–Crippen LogP) is 3.51. The first-order chi connectivity index (χ1) is 15.4. The maximum Gasteiger partial charge on any atom is 0.243 e. The van der Waals surface area contributed by atoms with Crippen LogP contribution in [0.1, 0.15) is 13.3 Å². The largest absolute Gasteiger partial charge is 0.493 e. The van der Waals surface area contributed by atoms with Crippen LogP contribution in [-0.4, -0.2) is 71.1 Å². The molecule has 10 heteroatoms. The number of benzene rings is 2. The summed E-state index contributed by atoms with van der Waals surface area (Å²) in [6.45, 7) is 3.72. The zero-order valence-corrected chi connectivity index (χ0v) is 20.7. The van der Waals surface area contributed by atoms with Crippen molar-refractivity contribution in [2.45, 2.75) is 29.2 Å². The molecule has 1 fully saturated rings. The molecule has 1 atom stereocenters. The van der Waals surface area contributed by atoms with Gasteiger partial charge in [-0.05, 0) is 48.7 Å². The van der Waals surface area contributed by atoms with Gasteiger partial charge in [-0.15, -0.1) is 0 Å². The van der Waals surface area contributed by atoms with Crippen molar-refractivity contribution >= 4 is 22.0 Å². The fourth-order valence-electron chi connectivity index (χ4n) is 3.70. The van der Waals surface area contributed by atoms with Gasteiger partial charge in [0.15, 0.2) is 23.0 Å². The van der Waals surface area contributed by atoms with Crippen molar-refractivity contribution in [3.8, 4) is 23.0 Å². The highest BCUT2D eigenvalue weighted by Gasteiger charge is 2.35. The monoisotopic (exact) mass is 482 g/mol. The average molecular weight is 483 g/mol. The quantitative estimate of drug-likeness (QED) is 0.476. The second-order valence-electron chi connectivity index (χ2n) is 7.16. The van der Waals surface area contributed by atoms with Crippen molar-refractivity contribution in [3.05, 3.63) is 36.4 Å². The normalized spacial score (nSPS) is 16.9. The number of sulfonamides is 1. The minimum atomic E-state index is -3.64. The van der Waals surface area contributed by atoms with Crippen LogP contribution in [0.2, 0.25) is 0 Å². The highest BCUT2D eigenvalue weighted by atomic mass is 32.2. The SMILES string of the molecule is CCN(Sc1ccc(OC)c(OC)c1)C1CCN(S(=O)(=O)c2ccc(OC)c(OC)c2)C1. The van der Waals surface area contributed by atoms with Gasteiger partial charge in [0.25, 0.3) is 0 Å². The molecule has 0 aromatic heterocycles. The highest BCUT2D eigenvalue weighted by Crippen LogP contribution is 2.36. The van der Waals surface area contributed by atoms with Gasteiger partial charge in [-0.1, -0.05) is 6.92 Å². The first-order valence-corrected chi connectivity index (χ1v) is 12.5. The fourth-order valence-corrected chi connectivity index (χ4v) is 6.21. The van der Waals surface area contributed by atoms with Gasteiger partial charge in [0.2, 0.25) is 10.0 Å². The molecule has 8 nitrogen and oxygen atoms in total. The second-order valence-corrected chi connectivity index (χ2v) is 10.2. The van der Waals surface area contributed by atoms with Crippen molar-refractivity contribution < 1.29 is 27.4 Å². The number of ether oxygens (including phenoxy) is 4. The molecule has 1 heterocycles. The lowest BCUT2D eigenvalue weighted by Gasteiger charge is -2.26. The van der Waals surface area contributed by atoms with Crippen LogP contribution in [0.3, 0.4) is 0 Å². The van der Waals surface area contributed by atoms with E-state index in [9.17, 15) is 8.42 Å². The summed E-state index contributed by atoms with van der Waals surface area (Å²) in [5, 5.41) is 0. The van der Waals surface area contributed by atoms with Crippen LogP contribution in [0.15, 0.2) is 46.2 Å². The summed E-state index contributed by atoms with van der Waals surface area (Å²) in [6, 6.07) is 10.5. The lowest BCUT2D eigenvalue weighted by Crippen LogP contribution is -2.35. The molecule has 0 amide bonds. The Kier molecular flexibility index (Phi) is 8.16.